The van der Waals surface area contributed by atoms with Gasteiger partial charge in [-0.05, 0) is 48.7 Å². The van der Waals surface area contributed by atoms with Gasteiger partial charge < -0.3 is 19.1 Å². The third kappa shape index (κ3) is 4.69. The summed E-state index contributed by atoms with van der Waals surface area (Å²) in [5.41, 5.74) is 1.41. The van der Waals surface area contributed by atoms with E-state index in [4.69, 9.17) is 9.47 Å². The van der Waals surface area contributed by atoms with Crippen LogP contribution in [0.25, 0.3) is 11.7 Å². The van der Waals surface area contributed by atoms with Crippen LogP contribution in [0.1, 0.15) is 18.4 Å². The Morgan fingerprint density at radius 3 is 2.66 bits per heavy atom. The summed E-state index contributed by atoms with van der Waals surface area (Å²) in [5.74, 6) is 0.615. The van der Waals surface area contributed by atoms with Crippen molar-refractivity contribution in [1.29, 1.82) is 0 Å². The van der Waals surface area contributed by atoms with Gasteiger partial charge in [-0.25, -0.2) is 4.79 Å². The van der Waals surface area contributed by atoms with Crippen molar-refractivity contribution in [1.82, 2.24) is 19.8 Å². The van der Waals surface area contributed by atoms with E-state index >= 15 is 0 Å². The van der Waals surface area contributed by atoms with Crippen molar-refractivity contribution in [3.05, 3.63) is 48.3 Å². The largest absolute Gasteiger partial charge is 0.493 e. The third-order valence-electron chi connectivity index (χ3n) is 5.31. The van der Waals surface area contributed by atoms with Crippen LogP contribution in [0.5, 0.6) is 11.5 Å². The van der Waals surface area contributed by atoms with Crippen LogP contribution in [0.15, 0.2) is 42.7 Å². The summed E-state index contributed by atoms with van der Waals surface area (Å²) in [5, 5.41) is 12.3. The molecule has 3 heterocycles. The molecule has 0 N–H and O–H groups in total. The zero-order valence-electron chi connectivity index (χ0n) is 17.8. The highest BCUT2D eigenvalue weighted by atomic mass is 16.6. The Bertz CT molecular complexity index is 1150. The summed E-state index contributed by atoms with van der Waals surface area (Å²) >= 11 is 0. The van der Waals surface area contributed by atoms with Gasteiger partial charge in [-0.3, -0.25) is 4.79 Å². The van der Waals surface area contributed by atoms with Crippen LogP contribution in [0.4, 0.5) is 5.82 Å². The number of methoxy groups -OCH3 is 2. The predicted molar refractivity (Wildman–Crippen MR) is 115 cm³/mol. The number of piperidine rings is 1. The summed E-state index contributed by atoms with van der Waals surface area (Å²) < 4.78 is 17.2. The fourth-order valence-corrected chi connectivity index (χ4v) is 3.53. The average Bonchev–Trinajstić information content (AvgIpc) is 3.31. The van der Waals surface area contributed by atoms with Gasteiger partial charge in [-0.1, -0.05) is 6.07 Å². The van der Waals surface area contributed by atoms with Crippen LogP contribution in [-0.4, -0.2) is 59.1 Å². The molecule has 0 atom stereocenters. The fraction of sp³-hybridized carbons (Fsp3) is 0.318. The van der Waals surface area contributed by atoms with E-state index in [-0.39, 0.29) is 11.9 Å². The Hall–Kier alpha value is -3.95. The van der Waals surface area contributed by atoms with Gasteiger partial charge in [0.15, 0.2) is 17.1 Å². The van der Waals surface area contributed by atoms with Crippen molar-refractivity contribution in [2.45, 2.75) is 12.8 Å². The second kappa shape index (κ2) is 9.46. The van der Waals surface area contributed by atoms with Crippen LogP contribution in [-0.2, 0) is 14.3 Å². The second-order valence-electron chi connectivity index (χ2n) is 7.27. The maximum absolute atomic E-state index is 12.8. The van der Waals surface area contributed by atoms with E-state index in [9.17, 15) is 9.59 Å². The van der Waals surface area contributed by atoms with E-state index in [0.717, 1.165) is 11.4 Å². The zero-order valence-corrected chi connectivity index (χ0v) is 17.8. The number of anilines is 1. The quantitative estimate of drug-likeness (QED) is 0.325. The minimum atomic E-state index is -0.456. The maximum Gasteiger partial charge on any atom is 0.330 e. The molecule has 0 saturated carbocycles. The summed E-state index contributed by atoms with van der Waals surface area (Å²) in [6, 6.07) is 8.86. The molecule has 1 saturated heterocycles. The predicted octanol–water partition coefficient (Wildman–Crippen LogP) is 2.14. The smallest absolute Gasteiger partial charge is 0.330 e. The number of nitrogens with zero attached hydrogens (tertiary/aromatic N) is 5. The number of benzene rings is 1. The van der Waals surface area contributed by atoms with Crippen molar-refractivity contribution in [3.8, 4) is 11.5 Å². The average molecular weight is 437 g/mol. The highest BCUT2D eigenvalue weighted by Gasteiger charge is 2.28. The number of hydrogen-bond donors (Lipinski definition) is 0. The normalized spacial score (nSPS) is 14.6. The van der Waals surface area contributed by atoms with Crippen molar-refractivity contribution in [3.63, 3.8) is 0 Å². The number of aromatic nitrogens is 4. The van der Waals surface area contributed by atoms with Crippen LogP contribution < -0.4 is 14.4 Å². The van der Waals surface area contributed by atoms with E-state index in [1.165, 1.54) is 20.3 Å². The van der Waals surface area contributed by atoms with Crippen LogP contribution in [0, 0.1) is 5.92 Å². The summed E-state index contributed by atoms with van der Waals surface area (Å²) in [7, 11) is 2.81. The molecule has 4 rings (SSSR count). The second-order valence-corrected chi connectivity index (χ2v) is 7.27. The van der Waals surface area contributed by atoms with Crippen molar-refractivity contribution >= 4 is 29.5 Å². The molecule has 0 bridgehead atoms. The molecule has 0 radical (unpaired) electrons. The van der Waals surface area contributed by atoms with Gasteiger partial charge >= 0.3 is 11.9 Å². The molecule has 1 fully saturated rings. The first-order valence-electron chi connectivity index (χ1n) is 10.1. The topological polar surface area (TPSA) is 108 Å². The number of carbonyl (C=O) groups excluding carboxylic acids is 2. The van der Waals surface area contributed by atoms with E-state index in [2.05, 4.69) is 24.9 Å². The molecule has 0 amide bonds. The summed E-state index contributed by atoms with van der Waals surface area (Å²) in [6.07, 6.45) is 5.78. The van der Waals surface area contributed by atoms with Gasteiger partial charge in [0.1, 0.15) is 12.1 Å². The molecule has 0 spiro atoms. The lowest BCUT2D eigenvalue weighted by Crippen LogP contribution is -2.38. The first kappa shape index (κ1) is 21.3. The van der Waals surface area contributed by atoms with Gasteiger partial charge in [-0.15, -0.1) is 15.3 Å². The fourth-order valence-electron chi connectivity index (χ4n) is 3.53. The SMILES string of the molecule is COC(=O)/C=C/c1ccc(OC(=O)C2CCN(c3ccc4nncn4n3)CC2)c(OC)c1. The summed E-state index contributed by atoms with van der Waals surface area (Å²) in [6.45, 7) is 1.38. The summed E-state index contributed by atoms with van der Waals surface area (Å²) in [4.78, 5) is 26.1. The Morgan fingerprint density at radius 1 is 1.09 bits per heavy atom. The Balaban J connectivity index is 1.37. The molecule has 2 aromatic heterocycles. The monoisotopic (exact) mass is 437 g/mol. The molecule has 0 unspecified atom stereocenters. The number of carbonyl (C=O) groups is 2. The number of rotatable bonds is 6. The van der Waals surface area contributed by atoms with Crippen molar-refractivity contribution in [2.75, 3.05) is 32.2 Å². The molecule has 166 valence electrons. The Labute approximate surface area is 184 Å². The molecule has 10 nitrogen and oxygen atoms in total. The van der Waals surface area contributed by atoms with Crippen LogP contribution in [0.3, 0.4) is 0 Å². The molecule has 1 aliphatic heterocycles. The van der Waals surface area contributed by atoms with Crippen LogP contribution in [0.2, 0.25) is 0 Å². The standard InChI is InChI=1S/C22H23N5O5/c1-30-18-13-15(4-8-21(28)31-2)3-5-17(18)32-22(29)16-9-11-26(12-10-16)20-7-6-19-24-23-14-27(19)25-20/h3-8,13-14,16H,9-12H2,1-2H3/b8-4+. The van der Waals surface area contributed by atoms with Crippen molar-refractivity contribution in [2.24, 2.45) is 5.92 Å². The lowest BCUT2D eigenvalue weighted by Gasteiger charge is -2.31. The molecule has 10 heteroatoms. The van der Waals surface area contributed by atoms with Crippen LogP contribution >= 0.6 is 0 Å². The van der Waals surface area contributed by atoms with E-state index in [1.54, 1.807) is 35.1 Å². The minimum absolute atomic E-state index is 0.214. The first-order chi connectivity index (χ1) is 15.6. The lowest BCUT2D eigenvalue weighted by atomic mass is 9.97. The zero-order chi connectivity index (χ0) is 22.5. The molecule has 32 heavy (non-hydrogen) atoms. The molecule has 3 aromatic rings. The highest BCUT2D eigenvalue weighted by Crippen LogP contribution is 2.31. The molecule has 1 aromatic carbocycles. The van der Waals surface area contributed by atoms with E-state index in [0.29, 0.717) is 43.1 Å². The van der Waals surface area contributed by atoms with Crippen molar-refractivity contribution < 1.29 is 23.8 Å². The van der Waals surface area contributed by atoms with E-state index < -0.39 is 5.97 Å². The van der Waals surface area contributed by atoms with Gasteiger partial charge in [0.05, 0.1) is 20.1 Å². The highest BCUT2D eigenvalue weighted by molar-refractivity contribution is 5.87. The first-order valence-corrected chi connectivity index (χ1v) is 10.1. The number of fused-ring (bicyclic) bond motifs is 1. The molecule has 1 aliphatic rings. The maximum atomic E-state index is 12.8. The lowest BCUT2D eigenvalue weighted by molar-refractivity contribution is -0.139. The molecular formula is C22H23N5O5. The van der Waals surface area contributed by atoms with E-state index in [1.807, 2.05) is 12.1 Å². The molecule has 0 aliphatic carbocycles. The Kier molecular flexibility index (Phi) is 6.29. The number of esters is 2. The van der Waals surface area contributed by atoms with Gasteiger partial charge in [0, 0.05) is 19.2 Å². The third-order valence-corrected chi connectivity index (χ3v) is 5.31. The minimum Gasteiger partial charge on any atom is -0.493 e. The molecular weight excluding hydrogens is 414 g/mol. The number of ether oxygens (including phenoxy) is 3. The van der Waals surface area contributed by atoms with Gasteiger partial charge in [0.25, 0.3) is 0 Å². The van der Waals surface area contributed by atoms with Gasteiger partial charge in [0.2, 0.25) is 0 Å². The van der Waals surface area contributed by atoms with Gasteiger partial charge in [-0.2, -0.15) is 4.52 Å². The Morgan fingerprint density at radius 2 is 1.91 bits per heavy atom. The number of hydrogen-bond acceptors (Lipinski definition) is 9.